The summed E-state index contributed by atoms with van der Waals surface area (Å²) in [5.74, 6) is -0.594. The van der Waals surface area contributed by atoms with Gasteiger partial charge < -0.3 is 14.9 Å². The third-order valence-corrected chi connectivity index (χ3v) is 3.90. The van der Waals surface area contributed by atoms with E-state index in [0.717, 1.165) is 10.6 Å². The fourth-order valence-electron chi connectivity index (χ4n) is 2.54. The van der Waals surface area contributed by atoms with Crippen LogP contribution in [0.25, 0.3) is 6.08 Å². The number of furan rings is 1. The molecule has 0 aromatic carbocycles. The summed E-state index contributed by atoms with van der Waals surface area (Å²) in [7, 11) is 1.26. The van der Waals surface area contributed by atoms with Crippen LogP contribution in [0.1, 0.15) is 35.7 Å². The third kappa shape index (κ3) is 4.67. The molecule has 0 bridgehead atoms. The minimum atomic E-state index is -0.829. The van der Waals surface area contributed by atoms with E-state index in [1.807, 2.05) is 13.8 Å². The second-order valence-corrected chi connectivity index (χ2v) is 6.72. The van der Waals surface area contributed by atoms with Crippen LogP contribution in [-0.4, -0.2) is 27.5 Å². The Morgan fingerprint density at radius 1 is 1.29 bits per heavy atom. The Morgan fingerprint density at radius 3 is 2.54 bits per heavy atom. The van der Waals surface area contributed by atoms with Gasteiger partial charge in [0.05, 0.1) is 0 Å². The molecular weight excluding hydrogens is 366 g/mol. The van der Waals surface area contributed by atoms with E-state index in [-0.39, 0.29) is 23.8 Å². The summed E-state index contributed by atoms with van der Waals surface area (Å²) < 4.78 is 12.1. The first-order valence-corrected chi connectivity index (χ1v) is 8.65. The number of ether oxygens (including phenoxy) is 1. The van der Waals surface area contributed by atoms with Gasteiger partial charge in [0.2, 0.25) is 5.78 Å². The summed E-state index contributed by atoms with van der Waals surface area (Å²) >= 11 is 0. The number of nitrogens with zero attached hydrogens (tertiary/aromatic N) is 2. The second-order valence-electron chi connectivity index (χ2n) is 6.72. The van der Waals surface area contributed by atoms with Crippen LogP contribution in [0.3, 0.4) is 0 Å². The molecule has 2 heterocycles. The second kappa shape index (κ2) is 8.55. The van der Waals surface area contributed by atoms with Crippen molar-refractivity contribution in [3.05, 3.63) is 56.1 Å². The Morgan fingerprint density at radius 2 is 1.96 bits per heavy atom. The molecule has 0 saturated carbocycles. The van der Waals surface area contributed by atoms with E-state index < -0.39 is 29.6 Å². The fourth-order valence-corrected chi connectivity index (χ4v) is 2.54. The summed E-state index contributed by atoms with van der Waals surface area (Å²) in [5.41, 5.74) is 4.10. The molecule has 0 radical (unpaired) electrons. The number of anilines is 1. The average molecular weight is 389 g/mol. The fraction of sp³-hybridized carbons (Fsp3) is 0.368. The summed E-state index contributed by atoms with van der Waals surface area (Å²) in [6.07, 6.45) is 2.50. The van der Waals surface area contributed by atoms with Gasteiger partial charge in [0.1, 0.15) is 22.9 Å². The Bertz CT molecular complexity index is 1040. The van der Waals surface area contributed by atoms with E-state index >= 15 is 0 Å². The molecule has 0 unspecified atom stereocenters. The average Bonchev–Trinajstić information content (AvgIpc) is 3.05. The van der Waals surface area contributed by atoms with Gasteiger partial charge in [0.25, 0.3) is 5.56 Å². The molecule has 28 heavy (non-hydrogen) atoms. The Labute approximate surface area is 161 Å². The van der Waals surface area contributed by atoms with Crippen molar-refractivity contribution in [2.45, 2.75) is 27.3 Å². The van der Waals surface area contributed by atoms with E-state index in [2.05, 4.69) is 0 Å². The highest BCUT2D eigenvalue weighted by atomic mass is 16.5. The van der Waals surface area contributed by atoms with Gasteiger partial charge in [-0.2, -0.15) is 0 Å². The van der Waals surface area contributed by atoms with Crippen molar-refractivity contribution in [2.75, 3.05) is 12.3 Å². The summed E-state index contributed by atoms with van der Waals surface area (Å²) in [4.78, 5) is 48.8. The van der Waals surface area contributed by atoms with E-state index in [1.165, 1.54) is 17.7 Å². The summed E-state index contributed by atoms with van der Waals surface area (Å²) in [6.45, 7) is 5.06. The van der Waals surface area contributed by atoms with Gasteiger partial charge in [-0.1, -0.05) is 13.8 Å². The smallest absolute Gasteiger partial charge is 0.332 e. The first-order valence-electron chi connectivity index (χ1n) is 8.65. The highest BCUT2D eigenvalue weighted by Gasteiger charge is 2.22. The molecule has 150 valence electrons. The first kappa shape index (κ1) is 20.9. The van der Waals surface area contributed by atoms with Crippen LogP contribution in [0.2, 0.25) is 0 Å². The van der Waals surface area contributed by atoms with Gasteiger partial charge in [-0.25, -0.2) is 9.59 Å². The van der Waals surface area contributed by atoms with Crippen LogP contribution in [-0.2, 0) is 23.1 Å². The minimum Gasteiger partial charge on any atom is -0.462 e. The first-order chi connectivity index (χ1) is 13.1. The molecular formula is C19H23N3O6. The van der Waals surface area contributed by atoms with Gasteiger partial charge in [-0.15, -0.1) is 0 Å². The van der Waals surface area contributed by atoms with Crippen LogP contribution >= 0.6 is 0 Å². The molecule has 0 fully saturated rings. The summed E-state index contributed by atoms with van der Waals surface area (Å²) in [5, 5.41) is 0. The maximum Gasteiger partial charge on any atom is 0.332 e. The molecule has 0 aliphatic rings. The lowest BCUT2D eigenvalue weighted by Crippen LogP contribution is -2.43. The zero-order chi connectivity index (χ0) is 21.0. The maximum atomic E-state index is 12.4. The number of ketones is 1. The number of hydrogen-bond donors (Lipinski definition) is 1. The van der Waals surface area contributed by atoms with Gasteiger partial charge in [0.15, 0.2) is 6.61 Å². The Balaban J connectivity index is 2.18. The number of rotatable bonds is 7. The lowest BCUT2D eigenvalue weighted by atomic mass is 10.1. The lowest BCUT2D eigenvalue weighted by Gasteiger charge is -2.16. The molecule has 0 spiro atoms. The SMILES string of the molecule is Cc1ccc(C=CC(=O)OCC(=O)c2c(N)n(CC(C)C)c(=O)n(C)c2=O)o1. The van der Waals surface area contributed by atoms with Gasteiger partial charge >= 0.3 is 11.7 Å². The van der Waals surface area contributed by atoms with Crippen molar-refractivity contribution < 1.29 is 18.7 Å². The lowest BCUT2D eigenvalue weighted by molar-refractivity contribution is -0.136. The number of carbonyl (C=O) groups is 2. The van der Waals surface area contributed by atoms with Crippen LogP contribution < -0.4 is 17.0 Å². The maximum absolute atomic E-state index is 12.4. The number of carbonyl (C=O) groups excluding carboxylic acids is 2. The van der Waals surface area contributed by atoms with E-state index in [4.69, 9.17) is 14.9 Å². The predicted octanol–water partition coefficient (Wildman–Crippen LogP) is 1.13. The molecule has 2 rings (SSSR count). The molecule has 0 aliphatic heterocycles. The zero-order valence-corrected chi connectivity index (χ0v) is 16.2. The number of Topliss-reactive ketones (excluding diaryl/α,β-unsaturated/α-hetero) is 1. The number of aryl methyl sites for hydroxylation is 1. The molecule has 0 amide bonds. The predicted molar refractivity (Wildman–Crippen MR) is 103 cm³/mol. The molecule has 2 aromatic heterocycles. The number of hydrogen-bond acceptors (Lipinski definition) is 7. The van der Waals surface area contributed by atoms with Crippen LogP contribution in [0.4, 0.5) is 5.82 Å². The topological polar surface area (TPSA) is 127 Å². The largest absolute Gasteiger partial charge is 0.462 e. The number of aromatic nitrogens is 2. The van der Waals surface area contributed by atoms with E-state index in [0.29, 0.717) is 11.5 Å². The van der Waals surface area contributed by atoms with E-state index in [1.54, 1.807) is 19.1 Å². The zero-order valence-electron chi connectivity index (χ0n) is 16.2. The molecule has 2 aromatic rings. The quantitative estimate of drug-likeness (QED) is 0.427. The highest BCUT2D eigenvalue weighted by Crippen LogP contribution is 2.10. The molecule has 9 heteroatoms. The van der Waals surface area contributed by atoms with Crippen molar-refractivity contribution in [3.8, 4) is 0 Å². The van der Waals surface area contributed by atoms with Crippen molar-refractivity contribution in [1.82, 2.24) is 9.13 Å². The van der Waals surface area contributed by atoms with Gasteiger partial charge in [0, 0.05) is 19.7 Å². The minimum absolute atomic E-state index is 0.0636. The standard InChI is InChI=1S/C19H23N3O6/c1-11(2)9-22-17(20)16(18(25)21(4)19(22)26)14(23)10-27-15(24)8-7-13-6-5-12(3)28-13/h5-8,11H,9-10,20H2,1-4H3. The van der Waals surface area contributed by atoms with Crippen LogP contribution in [0.15, 0.2) is 32.2 Å². The molecule has 9 nitrogen and oxygen atoms in total. The molecule has 0 atom stereocenters. The summed E-state index contributed by atoms with van der Waals surface area (Å²) in [6, 6.07) is 3.41. The Kier molecular flexibility index (Phi) is 6.40. The number of nitrogen functional groups attached to an aromatic ring is 1. The van der Waals surface area contributed by atoms with Crippen LogP contribution in [0.5, 0.6) is 0 Å². The molecule has 0 saturated heterocycles. The monoisotopic (exact) mass is 389 g/mol. The number of esters is 1. The van der Waals surface area contributed by atoms with Crippen LogP contribution in [0, 0.1) is 12.8 Å². The normalized spacial score (nSPS) is 11.3. The molecule has 2 N–H and O–H groups in total. The molecule has 0 aliphatic carbocycles. The van der Waals surface area contributed by atoms with Crippen molar-refractivity contribution in [2.24, 2.45) is 13.0 Å². The van der Waals surface area contributed by atoms with Gasteiger partial charge in [-0.3, -0.25) is 18.7 Å². The van der Waals surface area contributed by atoms with E-state index in [9.17, 15) is 19.2 Å². The van der Waals surface area contributed by atoms with Crippen molar-refractivity contribution >= 4 is 23.6 Å². The highest BCUT2D eigenvalue weighted by molar-refractivity contribution is 6.01. The van der Waals surface area contributed by atoms with Gasteiger partial charge in [-0.05, 0) is 31.1 Å². The van der Waals surface area contributed by atoms with Crippen molar-refractivity contribution in [1.29, 1.82) is 0 Å². The number of nitrogens with two attached hydrogens (primary N) is 1. The third-order valence-electron chi connectivity index (χ3n) is 3.90. The Hall–Kier alpha value is -3.36. The van der Waals surface area contributed by atoms with Crippen molar-refractivity contribution in [3.63, 3.8) is 0 Å².